The second-order valence-electron chi connectivity index (χ2n) is 4.11. The first-order valence-corrected chi connectivity index (χ1v) is 5.32. The zero-order valence-electron chi connectivity index (χ0n) is 9.32. The molecule has 2 atom stereocenters. The highest BCUT2D eigenvalue weighted by molar-refractivity contribution is 5.81. The molecule has 5 heteroatoms. The quantitative estimate of drug-likeness (QED) is 0.647. The Bertz CT molecular complexity index is 253. The van der Waals surface area contributed by atoms with Gasteiger partial charge in [0.25, 0.3) is 0 Å². The van der Waals surface area contributed by atoms with Crippen molar-refractivity contribution in [1.29, 1.82) is 0 Å². The maximum atomic E-state index is 11.6. The molecule has 0 aliphatic carbocycles. The first-order valence-electron chi connectivity index (χ1n) is 5.32. The van der Waals surface area contributed by atoms with Crippen LogP contribution in [0.15, 0.2) is 0 Å². The number of nitrogens with two attached hydrogens (primary N) is 1. The van der Waals surface area contributed by atoms with Crippen LogP contribution in [0.25, 0.3) is 0 Å². The largest absolute Gasteiger partial charge is 0.352 e. The summed E-state index contributed by atoms with van der Waals surface area (Å²) in [6.07, 6.45) is 1.85. The van der Waals surface area contributed by atoms with Crippen LogP contribution in [0.5, 0.6) is 0 Å². The molecule has 0 saturated carbocycles. The highest BCUT2D eigenvalue weighted by Gasteiger charge is 2.25. The molecule has 0 aromatic rings. The molecular formula is C10H19N3O2. The van der Waals surface area contributed by atoms with Crippen LogP contribution in [0.2, 0.25) is 0 Å². The molecule has 1 aliphatic rings. The Morgan fingerprint density at radius 2 is 2.20 bits per heavy atom. The molecule has 0 spiro atoms. The number of nitrogens with one attached hydrogen (secondary N) is 1. The fourth-order valence-corrected chi connectivity index (χ4v) is 1.87. The van der Waals surface area contributed by atoms with Crippen molar-refractivity contribution in [2.75, 3.05) is 13.1 Å². The molecule has 5 nitrogen and oxygen atoms in total. The number of hydrogen-bond donors (Lipinski definition) is 2. The van der Waals surface area contributed by atoms with Gasteiger partial charge in [0.2, 0.25) is 11.8 Å². The van der Waals surface area contributed by atoms with Crippen LogP contribution in [0.4, 0.5) is 0 Å². The van der Waals surface area contributed by atoms with E-state index in [1.54, 1.807) is 11.8 Å². The van der Waals surface area contributed by atoms with Crippen molar-refractivity contribution >= 4 is 11.8 Å². The van der Waals surface area contributed by atoms with Gasteiger partial charge in [0, 0.05) is 26.1 Å². The van der Waals surface area contributed by atoms with Crippen molar-refractivity contribution in [3.8, 4) is 0 Å². The molecule has 2 amide bonds. The number of nitrogens with zero attached hydrogens (tertiary/aromatic N) is 1. The average molecular weight is 213 g/mol. The molecule has 0 bridgehead atoms. The first kappa shape index (κ1) is 12.0. The minimum Gasteiger partial charge on any atom is -0.352 e. The zero-order chi connectivity index (χ0) is 11.4. The number of likely N-dealkylation sites (tertiary alicyclic amines) is 1. The normalized spacial score (nSPS) is 23.4. The van der Waals surface area contributed by atoms with E-state index in [4.69, 9.17) is 5.73 Å². The number of amides is 2. The summed E-state index contributed by atoms with van der Waals surface area (Å²) in [6.45, 7) is 4.51. The highest BCUT2D eigenvalue weighted by atomic mass is 16.2. The molecule has 1 fully saturated rings. The molecule has 0 radical (unpaired) electrons. The van der Waals surface area contributed by atoms with E-state index in [0.29, 0.717) is 6.54 Å². The first-order chi connectivity index (χ1) is 7.00. The summed E-state index contributed by atoms with van der Waals surface area (Å²) >= 11 is 0. The van der Waals surface area contributed by atoms with Gasteiger partial charge in [-0.1, -0.05) is 0 Å². The lowest BCUT2D eigenvalue weighted by atomic mass is 10.0. The maximum absolute atomic E-state index is 11.6. The van der Waals surface area contributed by atoms with Crippen LogP contribution in [-0.2, 0) is 9.59 Å². The van der Waals surface area contributed by atoms with Gasteiger partial charge in [-0.15, -0.1) is 0 Å². The fraction of sp³-hybridized carbons (Fsp3) is 0.800. The number of piperidine rings is 1. The molecule has 0 aromatic carbocycles. The number of hydrogen-bond acceptors (Lipinski definition) is 3. The van der Waals surface area contributed by atoms with Crippen molar-refractivity contribution in [3.05, 3.63) is 0 Å². The van der Waals surface area contributed by atoms with Crippen molar-refractivity contribution in [3.63, 3.8) is 0 Å². The van der Waals surface area contributed by atoms with Crippen molar-refractivity contribution in [2.45, 2.75) is 38.8 Å². The molecule has 0 unspecified atom stereocenters. The summed E-state index contributed by atoms with van der Waals surface area (Å²) in [5.41, 5.74) is 5.53. The summed E-state index contributed by atoms with van der Waals surface area (Å²) in [5.74, 6) is -0.0832. The number of rotatable bonds is 2. The third-order valence-corrected chi connectivity index (χ3v) is 2.53. The van der Waals surface area contributed by atoms with Gasteiger partial charge in [-0.2, -0.15) is 0 Å². The Hall–Kier alpha value is -1.10. The molecule has 3 N–H and O–H groups in total. The van der Waals surface area contributed by atoms with Gasteiger partial charge in [-0.25, -0.2) is 0 Å². The molecule has 15 heavy (non-hydrogen) atoms. The highest BCUT2D eigenvalue weighted by Crippen LogP contribution is 2.10. The van der Waals surface area contributed by atoms with Gasteiger partial charge in [0.15, 0.2) is 0 Å². The third kappa shape index (κ3) is 3.51. The Morgan fingerprint density at radius 3 is 2.73 bits per heavy atom. The molecule has 86 valence electrons. The van der Waals surface area contributed by atoms with E-state index in [1.165, 1.54) is 6.92 Å². The van der Waals surface area contributed by atoms with Gasteiger partial charge >= 0.3 is 0 Å². The monoisotopic (exact) mass is 213 g/mol. The van der Waals surface area contributed by atoms with E-state index in [9.17, 15) is 9.59 Å². The summed E-state index contributed by atoms with van der Waals surface area (Å²) in [7, 11) is 0. The van der Waals surface area contributed by atoms with Crippen LogP contribution in [-0.4, -0.2) is 41.9 Å². The van der Waals surface area contributed by atoms with Gasteiger partial charge in [-0.05, 0) is 19.8 Å². The summed E-state index contributed by atoms with van der Waals surface area (Å²) in [4.78, 5) is 24.2. The van der Waals surface area contributed by atoms with E-state index in [1.807, 2.05) is 0 Å². The van der Waals surface area contributed by atoms with Crippen molar-refractivity contribution < 1.29 is 9.59 Å². The number of carbonyl (C=O) groups excluding carboxylic acids is 2. The van der Waals surface area contributed by atoms with E-state index in [0.717, 1.165) is 19.4 Å². The van der Waals surface area contributed by atoms with E-state index < -0.39 is 6.04 Å². The van der Waals surface area contributed by atoms with Gasteiger partial charge in [-0.3, -0.25) is 9.59 Å². The van der Waals surface area contributed by atoms with Gasteiger partial charge in [0.05, 0.1) is 6.04 Å². The topological polar surface area (TPSA) is 75.4 Å². The molecule has 1 heterocycles. The van der Waals surface area contributed by atoms with Crippen molar-refractivity contribution in [2.24, 2.45) is 5.73 Å². The average Bonchev–Trinajstić information content (AvgIpc) is 2.16. The third-order valence-electron chi connectivity index (χ3n) is 2.53. The molecule has 1 saturated heterocycles. The van der Waals surface area contributed by atoms with E-state index >= 15 is 0 Å². The van der Waals surface area contributed by atoms with Crippen molar-refractivity contribution in [1.82, 2.24) is 10.2 Å². The SMILES string of the molecule is CC(=O)N[C@H]1CCCN(C(=O)[C@H](C)N)C1. The van der Waals surface area contributed by atoms with E-state index in [2.05, 4.69) is 5.32 Å². The Morgan fingerprint density at radius 1 is 1.53 bits per heavy atom. The molecule has 1 aliphatic heterocycles. The molecule has 1 rings (SSSR count). The predicted molar refractivity (Wildman–Crippen MR) is 57.1 cm³/mol. The molecular weight excluding hydrogens is 194 g/mol. The molecule has 0 aromatic heterocycles. The van der Waals surface area contributed by atoms with Crippen LogP contribution in [0.3, 0.4) is 0 Å². The summed E-state index contributed by atoms with van der Waals surface area (Å²) in [6, 6.07) is -0.375. The van der Waals surface area contributed by atoms with E-state index in [-0.39, 0.29) is 17.9 Å². The second kappa shape index (κ2) is 5.11. The lowest BCUT2D eigenvalue weighted by molar-refractivity contribution is -0.134. The fourth-order valence-electron chi connectivity index (χ4n) is 1.87. The minimum absolute atomic E-state index is 0.0370. The summed E-state index contributed by atoms with van der Waals surface area (Å²) < 4.78 is 0. The van der Waals surface area contributed by atoms with Crippen LogP contribution < -0.4 is 11.1 Å². The lowest BCUT2D eigenvalue weighted by Gasteiger charge is -2.33. The van der Waals surface area contributed by atoms with Crippen LogP contribution in [0, 0.1) is 0 Å². The van der Waals surface area contributed by atoms with Crippen LogP contribution >= 0.6 is 0 Å². The Labute approximate surface area is 90.0 Å². The van der Waals surface area contributed by atoms with Gasteiger partial charge in [0.1, 0.15) is 0 Å². The smallest absolute Gasteiger partial charge is 0.239 e. The second-order valence-corrected chi connectivity index (χ2v) is 4.11. The standard InChI is InChI=1S/C10H19N3O2/c1-7(11)10(15)13-5-3-4-9(6-13)12-8(2)14/h7,9H,3-6,11H2,1-2H3,(H,12,14)/t7-,9-/m0/s1. The van der Waals surface area contributed by atoms with Crippen LogP contribution in [0.1, 0.15) is 26.7 Å². The zero-order valence-corrected chi connectivity index (χ0v) is 9.32. The lowest BCUT2D eigenvalue weighted by Crippen LogP contribution is -2.52. The number of carbonyl (C=O) groups is 2. The Kier molecular flexibility index (Phi) is 4.08. The maximum Gasteiger partial charge on any atom is 0.239 e. The summed E-state index contributed by atoms with van der Waals surface area (Å²) in [5, 5.41) is 2.83. The Balaban J connectivity index is 2.48. The predicted octanol–water partition coefficient (Wildman–Crippen LogP) is -0.539. The van der Waals surface area contributed by atoms with Gasteiger partial charge < -0.3 is 16.0 Å². The minimum atomic E-state index is -0.457.